The Morgan fingerprint density at radius 3 is 2.89 bits per heavy atom. The molecule has 2 rings (SSSR count). The summed E-state index contributed by atoms with van der Waals surface area (Å²) < 4.78 is 31.6. The minimum atomic E-state index is -3.63. The maximum absolute atomic E-state index is 12.5. The molecule has 0 radical (unpaired) electrons. The molecule has 1 saturated heterocycles. The van der Waals surface area contributed by atoms with Gasteiger partial charge in [-0.3, -0.25) is 0 Å². The van der Waals surface area contributed by atoms with Crippen LogP contribution in [0.15, 0.2) is 23.1 Å². The quantitative estimate of drug-likeness (QED) is 0.857. The van der Waals surface area contributed by atoms with Crippen LogP contribution in [0.4, 0.5) is 5.69 Å². The van der Waals surface area contributed by atoms with Gasteiger partial charge in [-0.1, -0.05) is 17.7 Å². The zero-order chi connectivity index (χ0) is 14.0. The van der Waals surface area contributed by atoms with Gasteiger partial charge >= 0.3 is 0 Å². The SMILES string of the molecule is COCC1CCN(S(=O)(=O)c2c(N)cccc2Cl)C1. The van der Waals surface area contributed by atoms with Gasteiger partial charge in [-0.25, -0.2) is 8.42 Å². The number of nitrogens with zero attached hydrogens (tertiary/aromatic N) is 1. The molecule has 1 aliphatic rings. The van der Waals surface area contributed by atoms with Crippen molar-refractivity contribution in [3.05, 3.63) is 23.2 Å². The number of methoxy groups -OCH3 is 1. The van der Waals surface area contributed by atoms with Crippen LogP contribution in [-0.2, 0) is 14.8 Å². The molecule has 0 saturated carbocycles. The lowest BCUT2D eigenvalue weighted by molar-refractivity contribution is 0.157. The van der Waals surface area contributed by atoms with Gasteiger partial charge in [0.25, 0.3) is 0 Å². The van der Waals surface area contributed by atoms with Gasteiger partial charge in [0.2, 0.25) is 10.0 Å². The second kappa shape index (κ2) is 5.66. The maximum Gasteiger partial charge on any atom is 0.246 e. The minimum absolute atomic E-state index is 0.00901. The average Bonchev–Trinajstić information content (AvgIpc) is 2.78. The molecule has 0 bridgehead atoms. The first kappa shape index (κ1) is 14.6. The number of hydrogen-bond donors (Lipinski definition) is 1. The third-order valence-electron chi connectivity index (χ3n) is 3.25. The van der Waals surface area contributed by atoms with Crippen LogP contribution < -0.4 is 5.73 Å². The highest BCUT2D eigenvalue weighted by Crippen LogP contribution is 2.32. The molecule has 1 aromatic carbocycles. The molecule has 106 valence electrons. The van der Waals surface area contributed by atoms with Crippen molar-refractivity contribution in [3.63, 3.8) is 0 Å². The van der Waals surface area contributed by atoms with Crippen molar-refractivity contribution in [3.8, 4) is 0 Å². The first-order valence-electron chi connectivity index (χ1n) is 6.00. The average molecular weight is 305 g/mol. The fourth-order valence-electron chi connectivity index (χ4n) is 2.31. The van der Waals surface area contributed by atoms with E-state index in [0.29, 0.717) is 19.7 Å². The van der Waals surface area contributed by atoms with Gasteiger partial charge in [0.05, 0.1) is 17.3 Å². The Kier molecular flexibility index (Phi) is 4.35. The predicted molar refractivity (Wildman–Crippen MR) is 74.6 cm³/mol. The molecule has 1 heterocycles. The number of ether oxygens (including phenoxy) is 1. The smallest absolute Gasteiger partial charge is 0.246 e. The highest BCUT2D eigenvalue weighted by atomic mass is 35.5. The van der Waals surface area contributed by atoms with Crippen LogP contribution in [0, 0.1) is 5.92 Å². The van der Waals surface area contributed by atoms with Crippen molar-refractivity contribution in [2.24, 2.45) is 5.92 Å². The van der Waals surface area contributed by atoms with Crippen molar-refractivity contribution in [2.75, 3.05) is 32.5 Å². The highest BCUT2D eigenvalue weighted by molar-refractivity contribution is 7.89. The van der Waals surface area contributed by atoms with Crippen LogP contribution in [0.5, 0.6) is 0 Å². The highest BCUT2D eigenvalue weighted by Gasteiger charge is 2.34. The second-order valence-electron chi connectivity index (χ2n) is 4.63. The Hall–Kier alpha value is -0.820. The lowest BCUT2D eigenvalue weighted by atomic mass is 10.1. The number of benzene rings is 1. The number of nitrogens with two attached hydrogens (primary N) is 1. The van der Waals surface area contributed by atoms with E-state index in [2.05, 4.69) is 0 Å². The van der Waals surface area contributed by atoms with Gasteiger partial charge in [0.1, 0.15) is 4.90 Å². The van der Waals surface area contributed by atoms with Crippen LogP contribution in [0.3, 0.4) is 0 Å². The topological polar surface area (TPSA) is 72.6 Å². The van der Waals surface area contributed by atoms with Gasteiger partial charge in [-0.15, -0.1) is 0 Å². The molecule has 0 spiro atoms. The second-order valence-corrected chi connectivity index (χ2v) is 6.91. The molecule has 2 N–H and O–H groups in total. The molecule has 0 aromatic heterocycles. The fourth-order valence-corrected chi connectivity index (χ4v) is 4.48. The zero-order valence-corrected chi connectivity index (χ0v) is 12.2. The van der Waals surface area contributed by atoms with Crippen LogP contribution in [-0.4, -0.2) is 39.5 Å². The summed E-state index contributed by atoms with van der Waals surface area (Å²) in [6, 6.07) is 4.71. The number of hydrogen-bond acceptors (Lipinski definition) is 4. The van der Waals surface area contributed by atoms with Crippen molar-refractivity contribution in [1.82, 2.24) is 4.31 Å². The Bertz CT molecular complexity index is 542. The summed E-state index contributed by atoms with van der Waals surface area (Å²) in [7, 11) is -2.02. The number of rotatable bonds is 4. The van der Waals surface area contributed by atoms with E-state index in [-0.39, 0.29) is 21.5 Å². The molecule has 19 heavy (non-hydrogen) atoms. The fraction of sp³-hybridized carbons (Fsp3) is 0.500. The molecule has 0 amide bonds. The number of anilines is 1. The summed E-state index contributed by atoms with van der Waals surface area (Å²) >= 11 is 5.98. The Morgan fingerprint density at radius 1 is 1.53 bits per heavy atom. The van der Waals surface area contributed by atoms with Gasteiger partial charge in [-0.05, 0) is 24.5 Å². The molecule has 1 aliphatic heterocycles. The summed E-state index contributed by atoms with van der Waals surface area (Å²) in [4.78, 5) is 0.00901. The maximum atomic E-state index is 12.5. The third-order valence-corrected chi connectivity index (χ3v) is 5.66. The summed E-state index contributed by atoms with van der Waals surface area (Å²) in [6.45, 7) is 1.48. The van der Waals surface area contributed by atoms with E-state index in [1.165, 1.54) is 10.4 Å². The standard InChI is InChI=1S/C12H17ClN2O3S/c1-18-8-9-5-6-15(7-9)19(16,17)12-10(13)3-2-4-11(12)14/h2-4,9H,5-8,14H2,1H3. The van der Waals surface area contributed by atoms with E-state index in [0.717, 1.165) is 6.42 Å². The summed E-state index contributed by atoms with van der Waals surface area (Å²) in [5.74, 6) is 0.225. The number of halogens is 1. The van der Waals surface area contributed by atoms with Gasteiger partial charge < -0.3 is 10.5 Å². The lowest BCUT2D eigenvalue weighted by Crippen LogP contribution is -2.30. The largest absolute Gasteiger partial charge is 0.398 e. The molecule has 1 unspecified atom stereocenters. The van der Waals surface area contributed by atoms with Crippen molar-refractivity contribution >= 4 is 27.3 Å². The third kappa shape index (κ3) is 2.86. The van der Waals surface area contributed by atoms with Crippen LogP contribution >= 0.6 is 11.6 Å². The van der Waals surface area contributed by atoms with Crippen molar-refractivity contribution < 1.29 is 13.2 Å². The van der Waals surface area contributed by atoms with E-state index >= 15 is 0 Å². The molecule has 0 aliphatic carbocycles. The van der Waals surface area contributed by atoms with E-state index < -0.39 is 10.0 Å². The van der Waals surface area contributed by atoms with Gasteiger partial charge in [-0.2, -0.15) is 4.31 Å². The van der Waals surface area contributed by atoms with Crippen molar-refractivity contribution in [2.45, 2.75) is 11.3 Å². The molecular weight excluding hydrogens is 288 g/mol. The monoisotopic (exact) mass is 304 g/mol. The predicted octanol–water partition coefficient (Wildman–Crippen LogP) is 1.58. The zero-order valence-electron chi connectivity index (χ0n) is 10.7. The first-order valence-corrected chi connectivity index (χ1v) is 7.81. The summed E-state index contributed by atoms with van der Waals surface area (Å²) in [6.07, 6.45) is 0.789. The number of nitrogen functional groups attached to an aromatic ring is 1. The first-order chi connectivity index (χ1) is 8.96. The van der Waals surface area contributed by atoms with Crippen LogP contribution in [0.1, 0.15) is 6.42 Å². The van der Waals surface area contributed by atoms with Gasteiger partial charge in [0, 0.05) is 20.2 Å². The van der Waals surface area contributed by atoms with Crippen LogP contribution in [0.2, 0.25) is 5.02 Å². The molecule has 7 heteroatoms. The van der Waals surface area contributed by atoms with E-state index in [1.54, 1.807) is 19.2 Å². The van der Waals surface area contributed by atoms with E-state index in [9.17, 15) is 8.42 Å². The Morgan fingerprint density at radius 2 is 2.26 bits per heavy atom. The molecule has 1 fully saturated rings. The molecule has 5 nitrogen and oxygen atoms in total. The summed E-state index contributed by atoms with van der Waals surface area (Å²) in [5, 5.41) is 0.162. The lowest BCUT2D eigenvalue weighted by Gasteiger charge is -2.18. The Balaban J connectivity index is 2.29. The Labute approximate surface area is 118 Å². The normalized spacial score (nSPS) is 20.8. The molecule has 1 atom stereocenters. The van der Waals surface area contributed by atoms with E-state index in [1.807, 2.05) is 0 Å². The van der Waals surface area contributed by atoms with Crippen LogP contribution in [0.25, 0.3) is 0 Å². The van der Waals surface area contributed by atoms with Gasteiger partial charge in [0.15, 0.2) is 0 Å². The minimum Gasteiger partial charge on any atom is -0.398 e. The van der Waals surface area contributed by atoms with E-state index in [4.69, 9.17) is 22.1 Å². The summed E-state index contributed by atoms with van der Waals surface area (Å²) in [5.41, 5.74) is 5.94. The van der Waals surface area contributed by atoms with Crippen molar-refractivity contribution in [1.29, 1.82) is 0 Å². The molecular formula is C12H17ClN2O3S. The molecule has 1 aromatic rings. The number of sulfonamides is 1.